The van der Waals surface area contributed by atoms with E-state index in [1.165, 1.54) is 0 Å². The molecule has 0 spiro atoms. The van der Waals surface area contributed by atoms with Crippen LogP contribution in [0.3, 0.4) is 0 Å². The number of halogens is 1. The molecule has 2 aromatic carbocycles. The molecule has 0 amide bonds. The highest BCUT2D eigenvalue weighted by atomic mass is 35.5. The molecule has 9 heteroatoms. The summed E-state index contributed by atoms with van der Waals surface area (Å²) in [6, 6.07) is 16.5. The molecule has 3 heterocycles. The maximum atomic E-state index is 6.63. The van der Waals surface area contributed by atoms with E-state index in [-0.39, 0.29) is 0 Å². The SMILES string of the molecule is CCCc1nn2nc(C)n(Cc3ccc(-c4ccccc4-c4nn[nH]n4)cc3)c2c1Cl. The molecule has 0 aliphatic rings. The zero-order valence-corrected chi connectivity index (χ0v) is 18.0. The van der Waals surface area contributed by atoms with Gasteiger partial charge in [0.25, 0.3) is 0 Å². The van der Waals surface area contributed by atoms with Gasteiger partial charge < -0.3 is 4.57 Å². The molecule has 0 aliphatic heterocycles. The van der Waals surface area contributed by atoms with Gasteiger partial charge in [0.15, 0.2) is 5.65 Å². The fourth-order valence-electron chi connectivity index (χ4n) is 3.83. The first-order valence-corrected chi connectivity index (χ1v) is 10.6. The van der Waals surface area contributed by atoms with E-state index in [1.54, 1.807) is 4.63 Å². The smallest absolute Gasteiger partial charge is 0.205 e. The third-order valence-electron chi connectivity index (χ3n) is 5.35. The number of aromatic amines is 1. The topological polar surface area (TPSA) is 89.6 Å². The number of tetrazole rings is 1. The van der Waals surface area contributed by atoms with E-state index in [2.05, 4.69) is 72.6 Å². The highest BCUT2D eigenvalue weighted by Gasteiger charge is 2.18. The average Bonchev–Trinajstić information content (AvgIpc) is 3.49. The van der Waals surface area contributed by atoms with E-state index in [0.29, 0.717) is 17.4 Å². The number of benzene rings is 2. The van der Waals surface area contributed by atoms with Crippen LogP contribution in [0.1, 0.15) is 30.4 Å². The molecular weight excluding hydrogens is 412 g/mol. The van der Waals surface area contributed by atoms with Gasteiger partial charge in [0.05, 0.1) is 12.2 Å². The highest BCUT2D eigenvalue weighted by molar-refractivity contribution is 6.34. The van der Waals surface area contributed by atoms with Crippen molar-refractivity contribution < 1.29 is 0 Å². The lowest BCUT2D eigenvalue weighted by molar-refractivity contribution is 0.753. The fraction of sp³-hybridized carbons (Fsp3) is 0.227. The van der Waals surface area contributed by atoms with Gasteiger partial charge in [-0.1, -0.05) is 73.5 Å². The molecule has 0 saturated heterocycles. The molecule has 3 aromatic heterocycles. The summed E-state index contributed by atoms with van der Waals surface area (Å²) in [4.78, 5) is 0. The van der Waals surface area contributed by atoms with Gasteiger partial charge in [-0.05, 0) is 35.2 Å². The minimum absolute atomic E-state index is 0.578. The lowest BCUT2D eigenvalue weighted by Crippen LogP contribution is -2.02. The first kappa shape index (κ1) is 19.4. The zero-order chi connectivity index (χ0) is 21.4. The number of hydrogen-bond donors (Lipinski definition) is 1. The number of H-pyrrole nitrogens is 1. The summed E-state index contributed by atoms with van der Waals surface area (Å²) in [5.74, 6) is 1.45. The molecule has 5 rings (SSSR count). The molecule has 0 saturated carbocycles. The lowest BCUT2D eigenvalue weighted by Gasteiger charge is -2.09. The van der Waals surface area contributed by atoms with Gasteiger partial charge in [-0.25, -0.2) is 0 Å². The highest BCUT2D eigenvalue weighted by Crippen LogP contribution is 2.30. The molecule has 1 N–H and O–H groups in total. The third-order valence-corrected chi connectivity index (χ3v) is 5.73. The van der Waals surface area contributed by atoms with Crippen LogP contribution in [0.15, 0.2) is 48.5 Å². The van der Waals surface area contributed by atoms with Gasteiger partial charge in [0.1, 0.15) is 10.8 Å². The summed E-state index contributed by atoms with van der Waals surface area (Å²) in [6.07, 6.45) is 1.83. The van der Waals surface area contributed by atoms with Crippen molar-refractivity contribution >= 4 is 17.2 Å². The second kappa shape index (κ2) is 7.96. The van der Waals surface area contributed by atoms with Crippen LogP contribution in [-0.4, -0.2) is 40.0 Å². The third kappa shape index (κ3) is 3.48. The number of nitrogens with one attached hydrogen (secondary N) is 1. The van der Waals surface area contributed by atoms with Crippen LogP contribution in [0, 0.1) is 6.92 Å². The summed E-state index contributed by atoms with van der Waals surface area (Å²) < 4.78 is 3.76. The summed E-state index contributed by atoms with van der Waals surface area (Å²) in [6.45, 7) is 4.75. The quantitative estimate of drug-likeness (QED) is 0.431. The first-order valence-electron chi connectivity index (χ1n) is 10.2. The normalized spacial score (nSPS) is 11.5. The van der Waals surface area contributed by atoms with Gasteiger partial charge in [0, 0.05) is 5.56 Å². The monoisotopic (exact) mass is 432 g/mol. The maximum Gasteiger partial charge on any atom is 0.205 e. The lowest BCUT2D eigenvalue weighted by atomic mass is 9.98. The van der Waals surface area contributed by atoms with Crippen molar-refractivity contribution in [2.75, 3.05) is 0 Å². The van der Waals surface area contributed by atoms with Gasteiger partial charge in [-0.15, -0.1) is 19.9 Å². The Bertz CT molecular complexity index is 1330. The first-order chi connectivity index (χ1) is 15.2. The van der Waals surface area contributed by atoms with Crippen LogP contribution < -0.4 is 0 Å². The number of aryl methyl sites for hydroxylation is 2. The molecule has 0 fully saturated rings. The standard InChI is InChI=1S/C22H21ClN8/c1-3-6-19-20(23)22-30(14(2)26-31(22)27-19)13-15-9-11-16(12-10-15)17-7-4-5-8-18(17)21-24-28-29-25-21/h4-5,7-12H,3,6,13H2,1-2H3,(H,24,25,28,29). The molecular formula is C22H21ClN8. The predicted molar refractivity (Wildman–Crippen MR) is 119 cm³/mol. The molecule has 8 nitrogen and oxygen atoms in total. The Labute approximate surface area is 183 Å². The minimum Gasteiger partial charge on any atom is -0.306 e. The van der Waals surface area contributed by atoms with Gasteiger partial charge in [0.2, 0.25) is 5.82 Å². The maximum absolute atomic E-state index is 6.63. The van der Waals surface area contributed by atoms with E-state index in [1.807, 2.05) is 25.1 Å². The zero-order valence-electron chi connectivity index (χ0n) is 17.2. The van der Waals surface area contributed by atoms with Crippen molar-refractivity contribution in [3.8, 4) is 22.5 Å². The Morgan fingerprint density at radius 2 is 1.77 bits per heavy atom. The van der Waals surface area contributed by atoms with Crippen LogP contribution in [0.4, 0.5) is 0 Å². The Hall–Kier alpha value is -3.52. The Kier molecular flexibility index (Phi) is 4.99. The van der Waals surface area contributed by atoms with E-state index in [9.17, 15) is 0 Å². The molecule has 0 unspecified atom stereocenters. The Balaban J connectivity index is 1.47. The van der Waals surface area contributed by atoms with Gasteiger partial charge in [-0.2, -0.15) is 10.3 Å². The number of aromatic nitrogens is 8. The Morgan fingerprint density at radius 3 is 2.48 bits per heavy atom. The molecule has 0 radical (unpaired) electrons. The van der Waals surface area contributed by atoms with Crippen molar-refractivity contribution in [3.05, 3.63) is 70.6 Å². The van der Waals surface area contributed by atoms with Gasteiger partial charge in [-0.3, -0.25) is 0 Å². The molecule has 31 heavy (non-hydrogen) atoms. The molecule has 156 valence electrons. The summed E-state index contributed by atoms with van der Waals surface area (Å²) in [7, 11) is 0. The Morgan fingerprint density at radius 1 is 1.00 bits per heavy atom. The number of fused-ring (bicyclic) bond motifs is 1. The largest absolute Gasteiger partial charge is 0.306 e. The molecule has 0 atom stereocenters. The van der Waals surface area contributed by atoms with Crippen LogP contribution in [0.5, 0.6) is 0 Å². The van der Waals surface area contributed by atoms with Crippen molar-refractivity contribution in [3.63, 3.8) is 0 Å². The number of hydrogen-bond acceptors (Lipinski definition) is 5. The van der Waals surface area contributed by atoms with Crippen LogP contribution >= 0.6 is 11.6 Å². The van der Waals surface area contributed by atoms with Crippen molar-refractivity contribution in [1.29, 1.82) is 0 Å². The number of rotatable bonds is 6. The van der Waals surface area contributed by atoms with Crippen molar-refractivity contribution in [1.82, 2.24) is 40.0 Å². The minimum atomic E-state index is 0.578. The summed E-state index contributed by atoms with van der Waals surface area (Å²) in [5, 5.41) is 24.2. The van der Waals surface area contributed by atoms with E-state index >= 15 is 0 Å². The fourth-order valence-corrected chi connectivity index (χ4v) is 4.14. The van der Waals surface area contributed by atoms with E-state index in [0.717, 1.165) is 52.3 Å². The van der Waals surface area contributed by atoms with Crippen molar-refractivity contribution in [2.45, 2.75) is 33.2 Å². The second-order valence-electron chi connectivity index (χ2n) is 7.44. The molecule has 0 bridgehead atoms. The van der Waals surface area contributed by atoms with Crippen LogP contribution in [0.2, 0.25) is 5.02 Å². The van der Waals surface area contributed by atoms with E-state index < -0.39 is 0 Å². The number of nitrogens with zero attached hydrogens (tertiary/aromatic N) is 7. The van der Waals surface area contributed by atoms with E-state index in [4.69, 9.17) is 11.6 Å². The van der Waals surface area contributed by atoms with Crippen LogP contribution in [0.25, 0.3) is 28.2 Å². The van der Waals surface area contributed by atoms with Gasteiger partial charge >= 0.3 is 0 Å². The molecule has 0 aliphatic carbocycles. The second-order valence-corrected chi connectivity index (χ2v) is 7.81. The summed E-state index contributed by atoms with van der Waals surface area (Å²) >= 11 is 6.63. The van der Waals surface area contributed by atoms with Crippen LogP contribution in [-0.2, 0) is 13.0 Å². The average molecular weight is 433 g/mol. The molecule has 5 aromatic rings. The predicted octanol–water partition coefficient (Wildman–Crippen LogP) is 4.34. The van der Waals surface area contributed by atoms with Crippen molar-refractivity contribution in [2.24, 2.45) is 0 Å². The summed E-state index contributed by atoms with van der Waals surface area (Å²) in [5.41, 5.74) is 5.97.